The average molecular weight is 489 g/mol. The summed E-state index contributed by atoms with van der Waals surface area (Å²) in [4.78, 5) is 20.5. The average Bonchev–Trinajstić information content (AvgIpc) is 3.56. The van der Waals surface area contributed by atoms with E-state index in [0.29, 0.717) is 21.8 Å². The Kier molecular flexibility index (Phi) is 5.93. The molecule has 0 saturated carbocycles. The summed E-state index contributed by atoms with van der Waals surface area (Å²) in [5.41, 5.74) is 2.48. The number of nitrogens with zero attached hydrogens (tertiary/aromatic N) is 2. The molecule has 0 bridgehead atoms. The van der Waals surface area contributed by atoms with Gasteiger partial charge in [-0.1, -0.05) is 38.1 Å². The SMILES string of the molecule is CC(C)[C@@H](NC(=O)c1cccc(N2CC(O)=C(c3nc4ccccc4s3)C2=N)c1)c1cccs1. The molecule has 2 aromatic carbocycles. The Morgan fingerprint density at radius 1 is 1.15 bits per heavy atom. The molecule has 0 aliphatic carbocycles. The van der Waals surface area contributed by atoms with Crippen molar-refractivity contribution in [3.8, 4) is 0 Å². The van der Waals surface area contributed by atoms with Crippen LogP contribution in [0.15, 0.2) is 71.8 Å². The number of aromatic nitrogens is 1. The Labute approximate surface area is 205 Å². The van der Waals surface area contributed by atoms with E-state index in [4.69, 9.17) is 5.41 Å². The number of thiazole rings is 1. The lowest BCUT2D eigenvalue weighted by Gasteiger charge is -2.22. The van der Waals surface area contributed by atoms with Gasteiger partial charge in [-0.2, -0.15) is 0 Å². The van der Waals surface area contributed by atoms with Crippen LogP contribution in [0.4, 0.5) is 5.69 Å². The van der Waals surface area contributed by atoms with E-state index in [-0.39, 0.29) is 36.0 Å². The molecule has 6 nitrogen and oxygen atoms in total. The lowest BCUT2D eigenvalue weighted by molar-refractivity contribution is 0.0926. The number of rotatable bonds is 6. The van der Waals surface area contributed by atoms with Crippen LogP contribution in [0.25, 0.3) is 15.8 Å². The predicted octanol–water partition coefficient (Wildman–Crippen LogP) is 6.25. The Balaban J connectivity index is 1.38. The van der Waals surface area contributed by atoms with E-state index in [1.807, 2.05) is 47.8 Å². The van der Waals surface area contributed by atoms with Crippen molar-refractivity contribution in [1.29, 1.82) is 5.41 Å². The van der Waals surface area contributed by atoms with E-state index >= 15 is 0 Å². The number of aliphatic hydroxyl groups excluding tert-OH is 1. The van der Waals surface area contributed by atoms with Crippen molar-refractivity contribution in [1.82, 2.24) is 10.3 Å². The van der Waals surface area contributed by atoms with Gasteiger partial charge in [0.1, 0.15) is 16.6 Å². The number of carbonyl (C=O) groups excluding carboxylic acids is 1. The van der Waals surface area contributed by atoms with Gasteiger partial charge in [0.05, 0.1) is 28.4 Å². The first kappa shape index (κ1) is 22.3. The monoisotopic (exact) mass is 488 g/mol. The molecule has 0 spiro atoms. The van der Waals surface area contributed by atoms with Gasteiger partial charge in [0.15, 0.2) is 0 Å². The standard InChI is InChI=1S/C26H24N4O2S2/c1-15(2)23(21-11-6-12-33-21)29-25(32)16-7-5-8-17(13-16)30-14-19(31)22(24(30)27)26-28-18-9-3-4-10-20(18)34-26/h3-13,15,23,27,31H,14H2,1-2H3,(H,29,32)/t23-/m1/s1. The third-order valence-corrected chi connectivity index (χ3v) is 7.84. The fourth-order valence-corrected chi connectivity index (χ4v) is 6.06. The summed E-state index contributed by atoms with van der Waals surface area (Å²) in [7, 11) is 0. The highest BCUT2D eigenvalue weighted by Crippen LogP contribution is 2.35. The normalized spacial score (nSPS) is 14.9. The number of fused-ring (bicyclic) bond motifs is 1. The summed E-state index contributed by atoms with van der Waals surface area (Å²) < 4.78 is 1.01. The topological polar surface area (TPSA) is 89.3 Å². The molecule has 4 aromatic rings. The number of aliphatic hydroxyl groups is 1. The first-order valence-electron chi connectivity index (χ1n) is 11.0. The van der Waals surface area contributed by atoms with Crippen molar-refractivity contribution in [3.05, 3.63) is 87.3 Å². The minimum atomic E-state index is -0.164. The van der Waals surface area contributed by atoms with Gasteiger partial charge in [0.25, 0.3) is 5.91 Å². The van der Waals surface area contributed by atoms with Gasteiger partial charge in [0.2, 0.25) is 0 Å². The summed E-state index contributed by atoms with van der Waals surface area (Å²) in [5.74, 6) is 0.363. The number of carbonyl (C=O) groups is 1. The summed E-state index contributed by atoms with van der Waals surface area (Å²) in [6.07, 6.45) is 0. The Morgan fingerprint density at radius 3 is 2.71 bits per heavy atom. The molecule has 0 unspecified atom stereocenters. The Morgan fingerprint density at radius 2 is 1.97 bits per heavy atom. The number of thiophene rings is 1. The number of nitrogens with one attached hydrogen (secondary N) is 2. The van der Waals surface area contributed by atoms with Gasteiger partial charge in [-0.15, -0.1) is 22.7 Å². The number of anilines is 1. The second kappa shape index (κ2) is 9.04. The van der Waals surface area contributed by atoms with Crippen molar-refractivity contribution in [2.75, 3.05) is 11.4 Å². The van der Waals surface area contributed by atoms with Crippen LogP contribution >= 0.6 is 22.7 Å². The third-order valence-electron chi connectivity index (χ3n) is 5.83. The van der Waals surface area contributed by atoms with Crippen LogP contribution in [0.1, 0.15) is 40.1 Å². The van der Waals surface area contributed by atoms with Crippen molar-refractivity contribution in [2.24, 2.45) is 5.92 Å². The minimum Gasteiger partial charge on any atom is -0.510 e. The van der Waals surface area contributed by atoms with Gasteiger partial charge in [-0.05, 0) is 47.7 Å². The van der Waals surface area contributed by atoms with Crippen LogP contribution in [0.3, 0.4) is 0 Å². The number of hydrogen-bond donors (Lipinski definition) is 3. The van der Waals surface area contributed by atoms with Crippen LogP contribution < -0.4 is 10.2 Å². The molecule has 3 N–H and O–H groups in total. The fraction of sp³-hybridized carbons (Fsp3) is 0.192. The molecule has 0 fully saturated rings. The molecule has 3 heterocycles. The first-order valence-corrected chi connectivity index (χ1v) is 12.7. The molecule has 1 aliphatic rings. The fourth-order valence-electron chi connectivity index (χ4n) is 4.08. The lowest BCUT2D eigenvalue weighted by atomic mass is 10.0. The molecule has 1 amide bonds. The zero-order chi connectivity index (χ0) is 23.8. The molecule has 2 aromatic heterocycles. The van der Waals surface area contributed by atoms with Gasteiger partial charge in [0, 0.05) is 16.1 Å². The summed E-state index contributed by atoms with van der Waals surface area (Å²) in [6, 6.07) is 18.9. The van der Waals surface area contributed by atoms with E-state index < -0.39 is 0 Å². The van der Waals surface area contributed by atoms with Crippen LogP contribution in [-0.4, -0.2) is 28.4 Å². The second-order valence-corrected chi connectivity index (χ2v) is 10.5. The second-order valence-electron chi connectivity index (χ2n) is 8.50. The van der Waals surface area contributed by atoms with Crippen molar-refractivity contribution in [3.63, 3.8) is 0 Å². The van der Waals surface area contributed by atoms with Gasteiger partial charge < -0.3 is 15.3 Å². The third kappa shape index (κ3) is 4.10. The largest absolute Gasteiger partial charge is 0.510 e. The first-order chi connectivity index (χ1) is 16.4. The molecule has 0 radical (unpaired) electrons. The number of benzene rings is 2. The smallest absolute Gasteiger partial charge is 0.251 e. The van der Waals surface area contributed by atoms with Gasteiger partial charge in [-0.3, -0.25) is 10.2 Å². The maximum absolute atomic E-state index is 13.1. The molecular weight excluding hydrogens is 464 g/mol. The van der Waals surface area contributed by atoms with Crippen molar-refractivity contribution < 1.29 is 9.90 Å². The molecule has 8 heteroatoms. The van der Waals surface area contributed by atoms with Crippen LogP contribution in [-0.2, 0) is 0 Å². The maximum atomic E-state index is 13.1. The van der Waals surface area contributed by atoms with Crippen LogP contribution in [0.5, 0.6) is 0 Å². The molecule has 172 valence electrons. The van der Waals surface area contributed by atoms with E-state index in [2.05, 4.69) is 24.1 Å². The lowest BCUT2D eigenvalue weighted by Crippen LogP contribution is -2.31. The zero-order valence-corrected chi connectivity index (χ0v) is 20.4. The Hall–Kier alpha value is -3.49. The van der Waals surface area contributed by atoms with Gasteiger partial charge in [-0.25, -0.2) is 4.98 Å². The highest BCUT2D eigenvalue weighted by molar-refractivity contribution is 7.19. The van der Waals surface area contributed by atoms with E-state index in [0.717, 1.165) is 15.1 Å². The molecule has 0 saturated heterocycles. The van der Waals surface area contributed by atoms with E-state index in [1.54, 1.807) is 34.4 Å². The number of amides is 1. The zero-order valence-electron chi connectivity index (χ0n) is 18.8. The summed E-state index contributed by atoms with van der Waals surface area (Å²) >= 11 is 3.09. The van der Waals surface area contributed by atoms with Crippen molar-refractivity contribution >= 4 is 55.9 Å². The maximum Gasteiger partial charge on any atom is 0.251 e. The summed E-state index contributed by atoms with van der Waals surface area (Å²) in [5, 5.41) is 25.3. The summed E-state index contributed by atoms with van der Waals surface area (Å²) in [6.45, 7) is 4.34. The molecule has 5 rings (SSSR count). The van der Waals surface area contributed by atoms with Crippen molar-refractivity contribution in [2.45, 2.75) is 19.9 Å². The highest BCUT2D eigenvalue weighted by Gasteiger charge is 2.32. The number of amidine groups is 1. The Bertz CT molecular complexity index is 1370. The number of para-hydroxylation sites is 1. The van der Waals surface area contributed by atoms with Gasteiger partial charge >= 0.3 is 0 Å². The quantitative estimate of drug-likeness (QED) is 0.299. The van der Waals surface area contributed by atoms with Crippen LogP contribution in [0, 0.1) is 11.3 Å². The minimum absolute atomic E-state index is 0.0717. The van der Waals surface area contributed by atoms with E-state index in [1.165, 1.54) is 11.3 Å². The molecule has 34 heavy (non-hydrogen) atoms. The number of hydrogen-bond acceptors (Lipinski definition) is 6. The molecule has 1 atom stereocenters. The van der Waals surface area contributed by atoms with E-state index in [9.17, 15) is 9.90 Å². The molecule has 1 aliphatic heterocycles. The van der Waals surface area contributed by atoms with Crippen LogP contribution in [0.2, 0.25) is 0 Å². The predicted molar refractivity (Wildman–Crippen MR) is 140 cm³/mol. The molecular formula is C26H24N4O2S2. The highest BCUT2D eigenvalue weighted by atomic mass is 32.1.